The van der Waals surface area contributed by atoms with E-state index in [1.54, 1.807) is 0 Å². The van der Waals surface area contributed by atoms with E-state index in [2.05, 4.69) is 44.8 Å². The van der Waals surface area contributed by atoms with Crippen LogP contribution in [-0.2, 0) is 17.8 Å². The summed E-state index contributed by atoms with van der Waals surface area (Å²) in [5, 5.41) is 3.05. The summed E-state index contributed by atoms with van der Waals surface area (Å²) >= 11 is 0. The summed E-state index contributed by atoms with van der Waals surface area (Å²) in [6.45, 7) is 8.62. The molecule has 1 unspecified atom stereocenters. The van der Waals surface area contributed by atoms with Gasteiger partial charge >= 0.3 is 0 Å². The Kier molecular flexibility index (Phi) is 5.92. The number of benzene rings is 1. The highest BCUT2D eigenvalue weighted by molar-refractivity contribution is 5.94. The van der Waals surface area contributed by atoms with E-state index in [1.165, 1.54) is 5.56 Å². The van der Waals surface area contributed by atoms with E-state index >= 15 is 0 Å². The summed E-state index contributed by atoms with van der Waals surface area (Å²) < 4.78 is 2.06. The molecule has 0 bridgehead atoms. The lowest BCUT2D eigenvalue weighted by molar-refractivity contribution is -0.121. The van der Waals surface area contributed by atoms with Gasteiger partial charge in [-0.1, -0.05) is 25.1 Å². The number of fused-ring (bicyclic) bond motifs is 1. The average Bonchev–Trinajstić information content (AvgIpc) is 3.16. The fourth-order valence-electron chi connectivity index (χ4n) is 3.84. The Morgan fingerprint density at radius 2 is 1.86 bits per heavy atom. The third-order valence-electron chi connectivity index (χ3n) is 5.76. The molecule has 2 aromatic heterocycles. The number of hydrogen-bond acceptors (Lipinski definition) is 4. The van der Waals surface area contributed by atoms with Gasteiger partial charge in [0.15, 0.2) is 0 Å². The van der Waals surface area contributed by atoms with Gasteiger partial charge in [0.05, 0.1) is 11.7 Å². The summed E-state index contributed by atoms with van der Waals surface area (Å²) in [6, 6.07) is 14.0. The second-order valence-corrected chi connectivity index (χ2v) is 7.73. The Morgan fingerprint density at radius 3 is 2.55 bits per heavy atom. The van der Waals surface area contributed by atoms with Crippen molar-refractivity contribution in [3.05, 3.63) is 66.1 Å². The van der Waals surface area contributed by atoms with Gasteiger partial charge in [0.25, 0.3) is 0 Å². The summed E-state index contributed by atoms with van der Waals surface area (Å²) in [6.07, 6.45) is 5.13. The normalized spacial score (nSPS) is 16.8. The van der Waals surface area contributed by atoms with E-state index in [1.807, 2.05) is 43.5 Å². The molecule has 29 heavy (non-hydrogen) atoms. The monoisotopic (exact) mass is 391 g/mol. The molecule has 3 heterocycles. The number of rotatable bonds is 6. The second kappa shape index (κ2) is 8.76. The van der Waals surface area contributed by atoms with E-state index in [-0.39, 0.29) is 11.9 Å². The number of hydrogen-bond donors (Lipinski definition) is 1. The average molecular weight is 392 g/mol. The van der Waals surface area contributed by atoms with Crippen molar-refractivity contribution in [2.45, 2.75) is 32.9 Å². The van der Waals surface area contributed by atoms with Crippen molar-refractivity contribution in [1.29, 1.82) is 0 Å². The highest BCUT2D eigenvalue weighted by atomic mass is 16.2. The van der Waals surface area contributed by atoms with Crippen molar-refractivity contribution in [1.82, 2.24) is 19.2 Å². The van der Waals surface area contributed by atoms with Crippen molar-refractivity contribution in [2.24, 2.45) is 0 Å². The highest BCUT2D eigenvalue weighted by Crippen LogP contribution is 2.14. The van der Waals surface area contributed by atoms with Crippen LogP contribution in [0.4, 0.5) is 5.69 Å². The number of amides is 1. The number of piperazine rings is 1. The van der Waals surface area contributed by atoms with Gasteiger partial charge in [0, 0.05) is 50.8 Å². The Morgan fingerprint density at radius 1 is 1.10 bits per heavy atom. The number of anilines is 1. The van der Waals surface area contributed by atoms with Crippen LogP contribution in [0.2, 0.25) is 0 Å². The van der Waals surface area contributed by atoms with E-state index in [4.69, 9.17) is 4.98 Å². The summed E-state index contributed by atoms with van der Waals surface area (Å²) in [5.41, 5.74) is 4.21. The predicted octanol–water partition coefficient (Wildman–Crippen LogP) is 3.04. The molecular formula is C23H29N5O. The number of nitrogens with zero attached hydrogens (tertiary/aromatic N) is 4. The predicted molar refractivity (Wildman–Crippen MR) is 116 cm³/mol. The Balaban J connectivity index is 1.28. The quantitative estimate of drug-likeness (QED) is 0.702. The Hall–Kier alpha value is -2.70. The van der Waals surface area contributed by atoms with Gasteiger partial charge in [-0.3, -0.25) is 14.6 Å². The number of nitrogens with one attached hydrogen (secondary N) is 1. The van der Waals surface area contributed by atoms with E-state index in [9.17, 15) is 4.79 Å². The largest absolute Gasteiger partial charge is 0.325 e. The smallest absolute Gasteiger partial charge is 0.241 e. The van der Waals surface area contributed by atoms with Crippen LogP contribution in [0.15, 0.2) is 54.9 Å². The van der Waals surface area contributed by atoms with E-state index in [0.29, 0.717) is 0 Å². The molecule has 1 N–H and O–H groups in total. The molecule has 1 saturated heterocycles. The lowest BCUT2D eigenvalue weighted by Crippen LogP contribution is -2.52. The van der Waals surface area contributed by atoms with Crippen LogP contribution in [0.5, 0.6) is 0 Å². The first-order valence-corrected chi connectivity index (χ1v) is 10.4. The minimum Gasteiger partial charge on any atom is -0.325 e. The minimum atomic E-state index is -0.141. The lowest BCUT2D eigenvalue weighted by atomic mass is 10.1. The zero-order valence-electron chi connectivity index (χ0n) is 17.2. The van der Waals surface area contributed by atoms with Crippen molar-refractivity contribution < 1.29 is 4.79 Å². The van der Waals surface area contributed by atoms with Gasteiger partial charge < -0.3 is 9.72 Å². The number of pyridine rings is 1. The molecule has 6 heteroatoms. The molecule has 0 spiro atoms. The van der Waals surface area contributed by atoms with Crippen LogP contribution in [0.1, 0.15) is 25.1 Å². The summed E-state index contributed by atoms with van der Waals surface area (Å²) in [5.74, 6) is 0.0584. The first-order chi connectivity index (χ1) is 14.1. The molecule has 0 aliphatic carbocycles. The molecule has 1 amide bonds. The Bertz CT molecular complexity index is 924. The third kappa shape index (κ3) is 4.66. The molecule has 3 aromatic rings. The van der Waals surface area contributed by atoms with Crippen molar-refractivity contribution in [3.63, 3.8) is 0 Å². The van der Waals surface area contributed by atoms with Crippen LogP contribution in [0.25, 0.3) is 5.65 Å². The molecule has 152 valence electrons. The number of imidazole rings is 1. The van der Waals surface area contributed by atoms with Crippen LogP contribution < -0.4 is 5.32 Å². The van der Waals surface area contributed by atoms with Gasteiger partial charge in [0.2, 0.25) is 5.91 Å². The molecular weight excluding hydrogens is 362 g/mol. The van der Waals surface area contributed by atoms with Crippen molar-refractivity contribution in [2.75, 3.05) is 31.5 Å². The molecule has 1 aliphatic heterocycles. The SMILES string of the molecule is CCc1ccc(NC(=O)C(C)N2CCN(Cc3cn4ccccc4n3)CC2)cc1. The maximum absolute atomic E-state index is 12.7. The first kappa shape index (κ1) is 19.6. The van der Waals surface area contributed by atoms with Crippen LogP contribution >= 0.6 is 0 Å². The Labute approximate surface area is 172 Å². The van der Waals surface area contributed by atoms with Gasteiger partial charge in [-0.25, -0.2) is 4.98 Å². The summed E-state index contributed by atoms with van der Waals surface area (Å²) in [4.78, 5) is 22.0. The molecule has 4 rings (SSSR count). The number of aromatic nitrogens is 2. The third-order valence-corrected chi connectivity index (χ3v) is 5.76. The number of aryl methyl sites for hydroxylation is 1. The zero-order valence-corrected chi connectivity index (χ0v) is 17.2. The topological polar surface area (TPSA) is 52.9 Å². The van der Waals surface area contributed by atoms with Gasteiger partial charge in [-0.15, -0.1) is 0 Å². The number of carbonyl (C=O) groups excluding carboxylic acids is 1. The molecule has 0 radical (unpaired) electrons. The first-order valence-electron chi connectivity index (χ1n) is 10.4. The second-order valence-electron chi connectivity index (χ2n) is 7.73. The van der Waals surface area contributed by atoms with Crippen LogP contribution in [0, 0.1) is 0 Å². The molecule has 6 nitrogen and oxygen atoms in total. The molecule has 0 saturated carbocycles. The highest BCUT2D eigenvalue weighted by Gasteiger charge is 2.26. The fraction of sp³-hybridized carbons (Fsp3) is 0.391. The van der Waals surface area contributed by atoms with E-state index in [0.717, 1.165) is 56.2 Å². The van der Waals surface area contributed by atoms with Crippen molar-refractivity contribution >= 4 is 17.2 Å². The van der Waals surface area contributed by atoms with Crippen LogP contribution in [0.3, 0.4) is 0 Å². The molecule has 1 aromatic carbocycles. The molecule has 1 aliphatic rings. The van der Waals surface area contributed by atoms with E-state index < -0.39 is 0 Å². The van der Waals surface area contributed by atoms with Gasteiger partial charge in [0.1, 0.15) is 5.65 Å². The van der Waals surface area contributed by atoms with Crippen LogP contribution in [-0.4, -0.2) is 57.3 Å². The zero-order chi connectivity index (χ0) is 20.2. The lowest BCUT2D eigenvalue weighted by Gasteiger charge is -2.37. The summed E-state index contributed by atoms with van der Waals surface area (Å²) in [7, 11) is 0. The van der Waals surface area contributed by atoms with Gasteiger partial charge in [-0.2, -0.15) is 0 Å². The minimum absolute atomic E-state index is 0.0584. The van der Waals surface area contributed by atoms with Gasteiger partial charge in [-0.05, 0) is 43.2 Å². The maximum Gasteiger partial charge on any atom is 0.241 e. The fourth-order valence-corrected chi connectivity index (χ4v) is 3.84. The standard InChI is InChI=1S/C23H29N5O/c1-3-19-7-9-20(10-8-19)25-23(29)18(2)27-14-12-26(13-15-27)16-21-17-28-11-5-4-6-22(28)24-21/h4-11,17-18H,3,12-16H2,1-2H3,(H,25,29). The van der Waals surface area contributed by atoms with Crippen molar-refractivity contribution in [3.8, 4) is 0 Å². The molecule has 1 fully saturated rings. The molecule has 1 atom stereocenters. The maximum atomic E-state index is 12.7. The number of carbonyl (C=O) groups is 1.